The molecule has 0 saturated carbocycles. The van der Waals surface area contributed by atoms with Gasteiger partial charge in [-0.25, -0.2) is 0 Å². The first kappa shape index (κ1) is 12.9. The molecular formula is C16H13N3O3. The summed E-state index contributed by atoms with van der Waals surface area (Å²) in [5.74, 6) is 0.267. The number of hydrogen-bond acceptors (Lipinski definition) is 5. The second-order valence-corrected chi connectivity index (χ2v) is 5.46. The summed E-state index contributed by atoms with van der Waals surface area (Å²) in [4.78, 5) is 11.6. The maximum Gasteiger partial charge on any atom is 0.378 e. The molecule has 0 saturated heterocycles. The number of benzene rings is 2. The van der Waals surface area contributed by atoms with E-state index in [0.717, 1.165) is 11.1 Å². The number of fused-ring (bicyclic) bond motifs is 3. The molecule has 2 heterocycles. The average molecular weight is 295 g/mol. The Bertz CT molecular complexity index is 762. The number of nitro groups is 1. The molecule has 0 aromatic heterocycles. The van der Waals surface area contributed by atoms with Gasteiger partial charge in [0.25, 0.3) is 0 Å². The third-order valence-electron chi connectivity index (χ3n) is 4.33. The SMILES string of the molecule is O=[N+]([O-])[C@@]12N=NC[C@@H]1c1ccccc1O[C@H]2c1ccccc1. The van der Waals surface area contributed by atoms with Crippen LogP contribution in [0.4, 0.5) is 0 Å². The van der Waals surface area contributed by atoms with E-state index in [9.17, 15) is 10.1 Å². The van der Waals surface area contributed by atoms with Crippen LogP contribution in [0, 0.1) is 10.1 Å². The molecule has 6 nitrogen and oxygen atoms in total. The minimum absolute atomic E-state index is 0.310. The van der Waals surface area contributed by atoms with Crippen molar-refractivity contribution >= 4 is 0 Å². The number of hydrogen-bond donors (Lipinski definition) is 0. The topological polar surface area (TPSA) is 77.1 Å². The first-order valence-corrected chi connectivity index (χ1v) is 7.07. The van der Waals surface area contributed by atoms with Gasteiger partial charge in [-0.05, 0) is 6.07 Å². The van der Waals surface area contributed by atoms with Crippen molar-refractivity contribution in [1.82, 2.24) is 0 Å². The lowest BCUT2D eigenvalue weighted by molar-refractivity contribution is -0.586. The summed E-state index contributed by atoms with van der Waals surface area (Å²) in [6.45, 7) is 0.310. The minimum Gasteiger partial charge on any atom is -0.475 e. The molecule has 2 aliphatic rings. The molecule has 2 aromatic rings. The normalized spacial score (nSPS) is 28.5. The summed E-state index contributed by atoms with van der Waals surface area (Å²) >= 11 is 0. The van der Waals surface area contributed by atoms with E-state index in [1.54, 1.807) is 0 Å². The van der Waals surface area contributed by atoms with Crippen LogP contribution in [0.15, 0.2) is 64.8 Å². The van der Waals surface area contributed by atoms with Crippen LogP contribution in [0.5, 0.6) is 5.75 Å². The van der Waals surface area contributed by atoms with E-state index in [2.05, 4.69) is 10.2 Å². The van der Waals surface area contributed by atoms with Gasteiger partial charge in [-0.15, -0.1) is 5.11 Å². The van der Waals surface area contributed by atoms with Gasteiger partial charge in [0.15, 0.2) is 0 Å². The average Bonchev–Trinajstić information content (AvgIpc) is 3.01. The maximum absolute atomic E-state index is 11.9. The Balaban J connectivity index is 1.94. The molecule has 0 amide bonds. The smallest absolute Gasteiger partial charge is 0.378 e. The van der Waals surface area contributed by atoms with Crippen LogP contribution in [0.25, 0.3) is 0 Å². The largest absolute Gasteiger partial charge is 0.475 e. The lowest BCUT2D eigenvalue weighted by Crippen LogP contribution is -2.51. The van der Waals surface area contributed by atoms with Crippen molar-refractivity contribution in [2.45, 2.75) is 17.7 Å². The van der Waals surface area contributed by atoms with Crippen molar-refractivity contribution in [1.29, 1.82) is 0 Å². The highest BCUT2D eigenvalue weighted by Crippen LogP contribution is 2.53. The molecule has 110 valence electrons. The van der Waals surface area contributed by atoms with Gasteiger partial charge in [0, 0.05) is 11.1 Å². The Morgan fingerprint density at radius 1 is 1.14 bits per heavy atom. The van der Waals surface area contributed by atoms with E-state index in [1.807, 2.05) is 54.6 Å². The summed E-state index contributed by atoms with van der Waals surface area (Å²) < 4.78 is 6.00. The van der Waals surface area contributed by atoms with Crippen LogP contribution < -0.4 is 4.74 Å². The third kappa shape index (κ3) is 1.60. The van der Waals surface area contributed by atoms with Crippen LogP contribution in [-0.4, -0.2) is 17.1 Å². The lowest BCUT2D eigenvalue weighted by atomic mass is 9.79. The zero-order valence-electron chi connectivity index (χ0n) is 11.6. The van der Waals surface area contributed by atoms with Gasteiger partial charge in [-0.2, -0.15) is 5.11 Å². The van der Waals surface area contributed by atoms with E-state index in [0.29, 0.717) is 12.3 Å². The van der Waals surface area contributed by atoms with Crippen molar-refractivity contribution in [2.75, 3.05) is 6.54 Å². The molecule has 0 radical (unpaired) electrons. The zero-order chi connectivity index (χ0) is 15.2. The van der Waals surface area contributed by atoms with Crippen molar-refractivity contribution in [3.63, 3.8) is 0 Å². The number of azo groups is 1. The molecule has 2 aliphatic heterocycles. The summed E-state index contributed by atoms with van der Waals surface area (Å²) in [6.07, 6.45) is -0.783. The molecule has 2 aromatic carbocycles. The Kier molecular flexibility index (Phi) is 2.72. The molecule has 0 fully saturated rings. The minimum atomic E-state index is -1.59. The summed E-state index contributed by atoms with van der Waals surface area (Å²) in [7, 11) is 0. The quantitative estimate of drug-likeness (QED) is 0.629. The molecule has 22 heavy (non-hydrogen) atoms. The van der Waals surface area contributed by atoms with Gasteiger partial charge in [0.1, 0.15) is 11.7 Å². The fourth-order valence-electron chi connectivity index (χ4n) is 3.29. The van der Waals surface area contributed by atoms with Gasteiger partial charge in [-0.3, -0.25) is 10.1 Å². The van der Waals surface area contributed by atoms with Gasteiger partial charge < -0.3 is 4.74 Å². The second-order valence-electron chi connectivity index (χ2n) is 5.46. The van der Waals surface area contributed by atoms with Crippen LogP contribution in [0.3, 0.4) is 0 Å². The molecule has 3 atom stereocenters. The van der Waals surface area contributed by atoms with Gasteiger partial charge in [-0.1, -0.05) is 48.5 Å². The Hall–Kier alpha value is -2.76. The van der Waals surface area contributed by atoms with Crippen molar-refractivity contribution in [3.05, 3.63) is 75.8 Å². The summed E-state index contributed by atoms with van der Waals surface area (Å²) in [6, 6.07) is 16.6. The molecule has 0 N–H and O–H groups in total. The number of nitrogens with zero attached hydrogens (tertiary/aromatic N) is 3. The van der Waals surface area contributed by atoms with Crippen molar-refractivity contribution in [2.24, 2.45) is 10.2 Å². The Morgan fingerprint density at radius 2 is 1.86 bits per heavy atom. The molecule has 4 rings (SSSR count). The summed E-state index contributed by atoms with van der Waals surface area (Å²) in [5, 5.41) is 20.0. The molecule has 0 aliphatic carbocycles. The van der Waals surface area contributed by atoms with E-state index >= 15 is 0 Å². The Morgan fingerprint density at radius 3 is 2.64 bits per heavy atom. The molecule has 0 bridgehead atoms. The van der Waals surface area contributed by atoms with Crippen LogP contribution in [-0.2, 0) is 0 Å². The predicted molar refractivity (Wildman–Crippen MR) is 78.4 cm³/mol. The highest BCUT2D eigenvalue weighted by Gasteiger charge is 2.65. The monoisotopic (exact) mass is 295 g/mol. The molecular weight excluding hydrogens is 282 g/mol. The van der Waals surface area contributed by atoms with E-state index in [1.165, 1.54) is 0 Å². The van der Waals surface area contributed by atoms with Gasteiger partial charge in [0.2, 0.25) is 6.10 Å². The molecule has 0 unspecified atom stereocenters. The van der Waals surface area contributed by atoms with Gasteiger partial charge >= 0.3 is 5.66 Å². The fourth-order valence-corrected chi connectivity index (χ4v) is 3.29. The zero-order valence-corrected chi connectivity index (χ0v) is 11.6. The Labute approximate surface area is 126 Å². The van der Waals surface area contributed by atoms with Crippen LogP contribution in [0.1, 0.15) is 23.1 Å². The highest BCUT2D eigenvalue weighted by atomic mass is 16.6. The highest BCUT2D eigenvalue weighted by molar-refractivity contribution is 5.43. The van der Waals surface area contributed by atoms with Gasteiger partial charge in [0.05, 0.1) is 11.5 Å². The number of para-hydroxylation sites is 1. The number of rotatable bonds is 2. The standard InChI is InChI=1S/C16H13N3O3/c20-19(21)16-13(10-17-18-16)12-8-4-5-9-14(12)22-15(16)11-6-2-1-3-7-11/h1-9,13,15H,10H2/t13-,15+,16+/m1/s1. The van der Waals surface area contributed by atoms with E-state index in [-0.39, 0.29) is 4.92 Å². The fraction of sp³-hybridized carbons (Fsp3) is 0.250. The third-order valence-corrected chi connectivity index (χ3v) is 4.33. The van der Waals surface area contributed by atoms with Crippen LogP contribution >= 0.6 is 0 Å². The first-order valence-electron chi connectivity index (χ1n) is 7.07. The first-order chi connectivity index (χ1) is 10.7. The van der Waals surface area contributed by atoms with E-state index < -0.39 is 17.7 Å². The lowest BCUT2D eigenvalue weighted by Gasteiger charge is -2.36. The molecule has 0 spiro atoms. The number of ether oxygens (including phenoxy) is 1. The van der Waals surface area contributed by atoms with E-state index in [4.69, 9.17) is 4.74 Å². The maximum atomic E-state index is 11.9. The van der Waals surface area contributed by atoms with Crippen LogP contribution in [0.2, 0.25) is 0 Å². The summed E-state index contributed by atoms with van der Waals surface area (Å²) in [5.41, 5.74) is -0.0497. The van der Waals surface area contributed by atoms with Crippen molar-refractivity contribution in [3.8, 4) is 5.75 Å². The molecule has 6 heteroatoms. The predicted octanol–water partition coefficient (Wildman–Crippen LogP) is 3.34. The second kappa shape index (κ2) is 4.62. The van der Waals surface area contributed by atoms with Crippen molar-refractivity contribution < 1.29 is 9.66 Å².